The van der Waals surface area contributed by atoms with Gasteiger partial charge in [-0.1, -0.05) is 6.42 Å². The van der Waals surface area contributed by atoms with Gasteiger partial charge in [0.2, 0.25) is 0 Å². The van der Waals surface area contributed by atoms with E-state index in [-0.39, 0.29) is 6.04 Å². The van der Waals surface area contributed by atoms with Gasteiger partial charge in [-0.05, 0) is 12.8 Å². The molecular formula is C8H19N3O2S. The summed E-state index contributed by atoms with van der Waals surface area (Å²) in [7, 11) is -0.168. The van der Waals surface area contributed by atoms with E-state index in [2.05, 4.69) is 0 Å². The molecule has 0 radical (unpaired) electrons. The van der Waals surface area contributed by atoms with Gasteiger partial charge in [-0.15, -0.1) is 0 Å². The highest BCUT2D eigenvalue weighted by Crippen LogP contribution is 2.27. The zero-order valence-corrected chi connectivity index (χ0v) is 9.63. The molecule has 1 fully saturated rings. The van der Waals surface area contributed by atoms with E-state index in [9.17, 15) is 8.42 Å². The average molecular weight is 221 g/mol. The fraction of sp³-hybridized carbons (Fsp3) is 1.00. The molecule has 14 heavy (non-hydrogen) atoms. The first-order valence-corrected chi connectivity index (χ1v) is 6.29. The standard InChI is InChI=1S/C8H19N3O2S/c1-10(2)14(12,13)11(7-6-9)8-4-3-5-8/h8H,3-7,9H2,1-2H3. The zero-order valence-electron chi connectivity index (χ0n) is 8.81. The molecule has 0 atom stereocenters. The molecule has 1 aliphatic rings. The summed E-state index contributed by atoms with van der Waals surface area (Å²) >= 11 is 0. The van der Waals surface area contributed by atoms with E-state index in [4.69, 9.17) is 5.73 Å². The Hall–Kier alpha value is -0.170. The molecule has 0 aliphatic heterocycles. The van der Waals surface area contributed by atoms with Crippen molar-refractivity contribution in [2.45, 2.75) is 25.3 Å². The minimum absolute atomic E-state index is 0.172. The van der Waals surface area contributed by atoms with Crippen LogP contribution in [0.5, 0.6) is 0 Å². The van der Waals surface area contributed by atoms with Gasteiger partial charge in [-0.25, -0.2) is 0 Å². The third kappa shape index (κ3) is 2.25. The molecule has 1 saturated carbocycles. The van der Waals surface area contributed by atoms with Crippen molar-refractivity contribution >= 4 is 10.2 Å². The van der Waals surface area contributed by atoms with Crippen molar-refractivity contribution < 1.29 is 8.42 Å². The van der Waals surface area contributed by atoms with E-state index in [1.165, 1.54) is 8.61 Å². The van der Waals surface area contributed by atoms with Gasteiger partial charge in [0.25, 0.3) is 10.2 Å². The first kappa shape index (κ1) is 11.9. The van der Waals surface area contributed by atoms with Crippen molar-refractivity contribution in [2.75, 3.05) is 27.2 Å². The van der Waals surface area contributed by atoms with E-state index >= 15 is 0 Å². The van der Waals surface area contributed by atoms with Crippen LogP contribution in [0.15, 0.2) is 0 Å². The van der Waals surface area contributed by atoms with Crippen molar-refractivity contribution in [1.29, 1.82) is 0 Å². The summed E-state index contributed by atoms with van der Waals surface area (Å²) in [5.41, 5.74) is 5.42. The highest BCUT2D eigenvalue weighted by Gasteiger charge is 2.34. The molecule has 6 heteroatoms. The van der Waals surface area contributed by atoms with Crippen molar-refractivity contribution in [1.82, 2.24) is 8.61 Å². The molecule has 0 saturated heterocycles. The highest BCUT2D eigenvalue weighted by atomic mass is 32.2. The highest BCUT2D eigenvalue weighted by molar-refractivity contribution is 7.86. The molecule has 1 aliphatic carbocycles. The largest absolute Gasteiger partial charge is 0.329 e. The topological polar surface area (TPSA) is 66.6 Å². The second kappa shape index (κ2) is 4.57. The summed E-state index contributed by atoms with van der Waals surface area (Å²) < 4.78 is 26.5. The molecule has 0 amide bonds. The first-order valence-electron chi connectivity index (χ1n) is 4.89. The summed E-state index contributed by atoms with van der Waals surface area (Å²) in [4.78, 5) is 0. The quantitative estimate of drug-likeness (QED) is 0.687. The van der Waals surface area contributed by atoms with E-state index in [1.54, 1.807) is 14.1 Å². The Kier molecular flexibility index (Phi) is 3.88. The molecule has 84 valence electrons. The molecule has 0 aromatic heterocycles. The van der Waals surface area contributed by atoms with Gasteiger partial charge in [-0.2, -0.15) is 17.0 Å². The van der Waals surface area contributed by atoms with Crippen LogP contribution in [-0.4, -0.2) is 50.3 Å². The van der Waals surface area contributed by atoms with Crippen LogP contribution in [-0.2, 0) is 10.2 Å². The Balaban J connectivity index is 2.75. The first-order chi connectivity index (χ1) is 6.50. The Morgan fingerprint density at radius 3 is 2.21 bits per heavy atom. The predicted molar refractivity (Wildman–Crippen MR) is 56.0 cm³/mol. The number of hydrogen-bond donors (Lipinski definition) is 1. The monoisotopic (exact) mass is 221 g/mol. The third-order valence-corrected chi connectivity index (χ3v) is 4.59. The minimum Gasteiger partial charge on any atom is -0.329 e. The van der Waals surface area contributed by atoms with Gasteiger partial charge < -0.3 is 5.73 Å². The van der Waals surface area contributed by atoms with Gasteiger partial charge in [0.1, 0.15) is 0 Å². The normalized spacial score (nSPS) is 18.9. The summed E-state index contributed by atoms with van der Waals surface area (Å²) in [6.45, 7) is 0.800. The van der Waals surface area contributed by atoms with Crippen molar-refractivity contribution in [3.8, 4) is 0 Å². The lowest BCUT2D eigenvalue weighted by Gasteiger charge is -2.37. The maximum Gasteiger partial charge on any atom is 0.281 e. The molecule has 2 N–H and O–H groups in total. The average Bonchev–Trinajstić information content (AvgIpc) is 2.00. The maximum absolute atomic E-state index is 11.9. The Morgan fingerprint density at radius 1 is 1.36 bits per heavy atom. The molecule has 0 aromatic carbocycles. The molecular weight excluding hydrogens is 202 g/mol. The zero-order chi connectivity index (χ0) is 10.8. The molecule has 0 spiro atoms. The van der Waals surface area contributed by atoms with Crippen LogP contribution in [0.25, 0.3) is 0 Å². The van der Waals surface area contributed by atoms with Crippen molar-refractivity contribution in [2.24, 2.45) is 5.73 Å². The van der Waals surface area contributed by atoms with Gasteiger partial charge in [0.15, 0.2) is 0 Å². The number of nitrogens with zero attached hydrogens (tertiary/aromatic N) is 2. The van der Waals surface area contributed by atoms with Gasteiger partial charge >= 0.3 is 0 Å². The van der Waals surface area contributed by atoms with Crippen LogP contribution in [0, 0.1) is 0 Å². The molecule has 5 nitrogen and oxygen atoms in total. The SMILES string of the molecule is CN(C)S(=O)(=O)N(CCN)C1CCC1. The van der Waals surface area contributed by atoms with Crippen molar-refractivity contribution in [3.05, 3.63) is 0 Å². The second-order valence-electron chi connectivity index (χ2n) is 3.77. The lowest BCUT2D eigenvalue weighted by atomic mass is 9.93. The van der Waals surface area contributed by atoms with Gasteiger partial charge in [-0.3, -0.25) is 0 Å². The second-order valence-corrected chi connectivity index (χ2v) is 5.87. The van der Waals surface area contributed by atoms with Crippen LogP contribution >= 0.6 is 0 Å². The molecule has 0 unspecified atom stereocenters. The molecule has 0 heterocycles. The van der Waals surface area contributed by atoms with Crippen molar-refractivity contribution in [3.63, 3.8) is 0 Å². The van der Waals surface area contributed by atoms with Crippen LogP contribution < -0.4 is 5.73 Å². The smallest absolute Gasteiger partial charge is 0.281 e. The van der Waals surface area contributed by atoms with Crippen LogP contribution in [0.3, 0.4) is 0 Å². The predicted octanol–water partition coefficient (Wildman–Crippen LogP) is -0.394. The van der Waals surface area contributed by atoms with E-state index in [1.807, 2.05) is 0 Å². The fourth-order valence-electron chi connectivity index (χ4n) is 1.50. The number of rotatable bonds is 5. The lowest BCUT2D eigenvalue weighted by Crippen LogP contribution is -2.50. The lowest BCUT2D eigenvalue weighted by molar-refractivity contribution is 0.213. The van der Waals surface area contributed by atoms with Crippen LogP contribution in [0.1, 0.15) is 19.3 Å². The van der Waals surface area contributed by atoms with E-state index in [0.717, 1.165) is 19.3 Å². The molecule has 0 aromatic rings. The number of nitrogens with two attached hydrogens (primary N) is 1. The summed E-state index contributed by atoms with van der Waals surface area (Å²) in [6, 6.07) is 0.172. The molecule has 1 rings (SSSR count). The minimum atomic E-state index is -3.27. The van der Waals surface area contributed by atoms with Crippen LogP contribution in [0.4, 0.5) is 0 Å². The Labute approximate surface area is 86.0 Å². The van der Waals surface area contributed by atoms with E-state index in [0.29, 0.717) is 13.1 Å². The number of hydrogen-bond acceptors (Lipinski definition) is 3. The maximum atomic E-state index is 11.9. The van der Waals surface area contributed by atoms with Gasteiger partial charge in [0, 0.05) is 33.2 Å². The molecule has 0 bridgehead atoms. The van der Waals surface area contributed by atoms with Gasteiger partial charge in [0.05, 0.1) is 0 Å². The summed E-state index contributed by atoms with van der Waals surface area (Å²) in [5, 5.41) is 0. The Bertz CT molecular complexity index is 272. The van der Waals surface area contributed by atoms with Crippen LogP contribution in [0.2, 0.25) is 0 Å². The van der Waals surface area contributed by atoms with E-state index < -0.39 is 10.2 Å². The Morgan fingerprint density at radius 2 is 1.93 bits per heavy atom. The summed E-state index contributed by atoms with van der Waals surface area (Å²) in [5.74, 6) is 0. The third-order valence-electron chi connectivity index (χ3n) is 2.59. The fourth-order valence-corrected chi connectivity index (χ4v) is 2.84. The summed E-state index contributed by atoms with van der Waals surface area (Å²) in [6.07, 6.45) is 3.05.